The van der Waals surface area contributed by atoms with Crippen molar-refractivity contribution in [2.24, 2.45) is 0 Å². The maximum absolute atomic E-state index is 10.7. The molecule has 5 nitrogen and oxygen atoms in total. The van der Waals surface area contributed by atoms with Gasteiger partial charge in [-0.05, 0) is 30.7 Å². The Balaban J connectivity index is 2.13. The van der Waals surface area contributed by atoms with Crippen molar-refractivity contribution < 1.29 is 4.92 Å². The topological polar surface area (TPSA) is 82.0 Å². The third-order valence-corrected chi connectivity index (χ3v) is 4.07. The number of nitrogen functional groups attached to an aromatic ring is 1. The van der Waals surface area contributed by atoms with Crippen molar-refractivity contribution in [2.45, 2.75) is 6.92 Å². The monoisotopic (exact) mass is 285 g/mol. The highest BCUT2D eigenvalue weighted by molar-refractivity contribution is 7.21. The number of benzene rings is 2. The van der Waals surface area contributed by atoms with Gasteiger partial charge >= 0.3 is 0 Å². The van der Waals surface area contributed by atoms with Crippen LogP contribution in [0.15, 0.2) is 36.4 Å². The fourth-order valence-electron chi connectivity index (χ4n) is 2.01. The molecule has 0 bridgehead atoms. The van der Waals surface area contributed by atoms with Crippen molar-refractivity contribution in [1.82, 2.24) is 4.98 Å². The number of nitro benzene ring substituents is 1. The molecule has 0 fully saturated rings. The number of aryl methyl sites for hydroxylation is 1. The largest absolute Gasteiger partial charge is 0.398 e. The molecule has 20 heavy (non-hydrogen) atoms. The summed E-state index contributed by atoms with van der Waals surface area (Å²) in [4.78, 5) is 14.8. The van der Waals surface area contributed by atoms with Crippen LogP contribution in [0.2, 0.25) is 0 Å². The van der Waals surface area contributed by atoms with Crippen LogP contribution < -0.4 is 5.73 Å². The number of hydrogen-bond acceptors (Lipinski definition) is 5. The molecule has 6 heteroatoms. The lowest BCUT2D eigenvalue weighted by Crippen LogP contribution is -1.93. The molecule has 3 aromatic rings. The second-order valence-electron chi connectivity index (χ2n) is 4.52. The molecule has 0 atom stereocenters. The highest BCUT2D eigenvalue weighted by Crippen LogP contribution is 2.35. The van der Waals surface area contributed by atoms with E-state index in [1.807, 2.05) is 19.1 Å². The summed E-state index contributed by atoms with van der Waals surface area (Å²) in [6.07, 6.45) is 0. The number of nitrogens with two attached hydrogens (primary N) is 1. The first kappa shape index (κ1) is 12.6. The van der Waals surface area contributed by atoms with Crippen LogP contribution in [0.4, 0.5) is 11.4 Å². The van der Waals surface area contributed by atoms with Crippen molar-refractivity contribution in [1.29, 1.82) is 0 Å². The number of fused-ring (bicyclic) bond motifs is 1. The molecule has 0 saturated carbocycles. The summed E-state index contributed by atoms with van der Waals surface area (Å²) >= 11 is 1.53. The molecule has 0 unspecified atom stereocenters. The summed E-state index contributed by atoms with van der Waals surface area (Å²) < 4.78 is 1.08. The van der Waals surface area contributed by atoms with Gasteiger partial charge < -0.3 is 5.73 Å². The molecule has 0 spiro atoms. The van der Waals surface area contributed by atoms with Gasteiger partial charge in [-0.1, -0.05) is 6.07 Å². The summed E-state index contributed by atoms with van der Waals surface area (Å²) in [5, 5.41) is 11.5. The molecule has 3 rings (SSSR count). The van der Waals surface area contributed by atoms with E-state index in [4.69, 9.17) is 5.73 Å². The molecule has 0 aliphatic rings. The maximum Gasteiger partial charge on any atom is 0.271 e. The van der Waals surface area contributed by atoms with Gasteiger partial charge in [0.05, 0.1) is 15.1 Å². The number of hydrogen-bond donors (Lipinski definition) is 1. The Morgan fingerprint density at radius 3 is 2.75 bits per heavy atom. The number of non-ortho nitro benzene ring substituents is 1. The average molecular weight is 285 g/mol. The van der Waals surface area contributed by atoms with Crippen LogP contribution >= 0.6 is 11.3 Å². The zero-order valence-electron chi connectivity index (χ0n) is 10.7. The molecule has 0 radical (unpaired) electrons. The second kappa shape index (κ2) is 4.57. The van der Waals surface area contributed by atoms with Gasteiger partial charge in [0.1, 0.15) is 5.01 Å². The molecule has 0 aliphatic heterocycles. The van der Waals surface area contributed by atoms with Crippen molar-refractivity contribution >= 4 is 32.9 Å². The molecule has 1 aromatic heterocycles. The standard InChI is InChI=1S/C14H11N3O2S/c1-8-2-5-12-13(6-8)20-14(16-12)10-4-3-9(17(18)19)7-11(10)15/h2-7H,15H2,1H3. The molecule has 2 N–H and O–H groups in total. The predicted octanol–water partition coefficient (Wildman–Crippen LogP) is 3.76. The van der Waals surface area contributed by atoms with Gasteiger partial charge in [0.15, 0.2) is 0 Å². The molecule has 0 saturated heterocycles. The van der Waals surface area contributed by atoms with Crippen LogP contribution in [0.5, 0.6) is 0 Å². The van der Waals surface area contributed by atoms with Crippen molar-refractivity contribution in [2.75, 3.05) is 5.73 Å². The molecule has 100 valence electrons. The van der Waals surface area contributed by atoms with Gasteiger partial charge in [-0.15, -0.1) is 11.3 Å². The molecular weight excluding hydrogens is 274 g/mol. The number of anilines is 1. The lowest BCUT2D eigenvalue weighted by atomic mass is 10.1. The molecule has 2 aromatic carbocycles. The Morgan fingerprint density at radius 1 is 1.25 bits per heavy atom. The summed E-state index contributed by atoms with van der Waals surface area (Å²) in [7, 11) is 0. The highest BCUT2D eigenvalue weighted by atomic mass is 32.1. The Bertz CT molecular complexity index is 826. The predicted molar refractivity (Wildman–Crippen MR) is 80.9 cm³/mol. The summed E-state index contributed by atoms with van der Waals surface area (Å²) in [5.41, 5.74) is 9.08. The first-order valence-electron chi connectivity index (χ1n) is 5.96. The van der Waals surface area contributed by atoms with Crippen molar-refractivity contribution in [3.05, 3.63) is 52.1 Å². The van der Waals surface area contributed by atoms with Crippen LogP contribution in [0.1, 0.15) is 5.56 Å². The molecule has 0 aliphatic carbocycles. The number of thiazole rings is 1. The van der Waals surface area contributed by atoms with E-state index >= 15 is 0 Å². The minimum absolute atomic E-state index is 0.0109. The van der Waals surface area contributed by atoms with E-state index in [9.17, 15) is 10.1 Å². The minimum Gasteiger partial charge on any atom is -0.398 e. The first-order chi connectivity index (χ1) is 9.54. The van der Waals surface area contributed by atoms with Gasteiger partial charge in [-0.3, -0.25) is 10.1 Å². The molecular formula is C14H11N3O2S. The van der Waals surface area contributed by atoms with Crippen LogP contribution in [-0.2, 0) is 0 Å². The SMILES string of the molecule is Cc1ccc2nc(-c3ccc([N+](=O)[O-])cc3N)sc2c1. The Kier molecular flexibility index (Phi) is 2.87. The zero-order valence-corrected chi connectivity index (χ0v) is 11.5. The smallest absolute Gasteiger partial charge is 0.271 e. The third-order valence-electron chi connectivity index (χ3n) is 3.02. The highest BCUT2D eigenvalue weighted by Gasteiger charge is 2.13. The minimum atomic E-state index is -0.456. The number of rotatable bonds is 2. The van der Waals surface area contributed by atoms with E-state index in [1.165, 1.54) is 29.0 Å². The summed E-state index contributed by atoms with van der Waals surface area (Å²) in [5.74, 6) is 0. The number of nitrogens with zero attached hydrogens (tertiary/aromatic N) is 2. The lowest BCUT2D eigenvalue weighted by molar-refractivity contribution is -0.384. The van der Waals surface area contributed by atoms with Gasteiger partial charge in [0.2, 0.25) is 0 Å². The second-order valence-corrected chi connectivity index (χ2v) is 5.55. The molecule has 0 amide bonds. The number of aromatic nitrogens is 1. The summed E-state index contributed by atoms with van der Waals surface area (Å²) in [6.45, 7) is 2.03. The van der Waals surface area contributed by atoms with E-state index in [-0.39, 0.29) is 5.69 Å². The van der Waals surface area contributed by atoms with Gasteiger partial charge in [-0.25, -0.2) is 4.98 Å². The van der Waals surface area contributed by atoms with Crippen LogP contribution in [-0.4, -0.2) is 9.91 Å². The number of nitro groups is 1. The Labute approximate surface area is 118 Å². The fourth-order valence-corrected chi connectivity index (χ4v) is 3.12. The van der Waals surface area contributed by atoms with Crippen LogP contribution in [0.3, 0.4) is 0 Å². The third kappa shape index (κ3) is 2.10. The Morgan fingerprint density at radius 2 is 2.05 bits per heavy atom. The van der Waals surface area contributed by atoms with Crippen LogP contribution in [0, 0.1) is 17.0 Å². The van der Waals surface area contributed by atoms with Crippen molar-refractivity contribution in [3.8, 4) is 10.6 Å². The van der Waals surface area contributed by atoms with E-state index in [0.29, 0.717) is 5.69 Å². The van der Waals surface area contributed by atoms with E-state index in [2.05, 4.69) is 11.1 Å². The van der Waals surface area contributed by atoms with E-state index in [0.717, 1.165) is 20.8 Å². The van der Waals surface area contributed by atoms with E-state index in [1.54, 1.807) is 6.07 Å². The maximum atomic E-state index is 10.7. The molecule has 1 heterocycles. The first-order valence-corrected chi connectivity index (χ1v) is 6.78. The van der Waals surface area contributed by atoms with Gasteiger partial charge in [0, 0.05) is 23.4 Å². The van der Waals surface area contributed by atoms with Crippen molar-refractivity contribution in [3.63, 3.8) is 0 Å². The lowest BCUT2D eigenvalue weighted by Gasteiger charge is -2.01. The van der Waals surface area contributed by atoms with E-state index < -0.39 is 4.92 Å². The zero-order chi connectivity index (χ0) is 14.3. The fraction of sp³-hybridized carbons (Fsp3) is 0.0714. The quantitative estimate of drug-likeness (QED) is 0.441. The van der Waals surface area contributed by atoms with Crippen LogP contribution in [0.25, 0.3) is 20.8 Å². The Hall–Kier alpha value is -2.47. The summed E-state index contributed by atoms with van der Waals surface area (Å²) in [6, 6.07) is 10.5. The van der Waals surface area contributed by atoms with Gasteiger partial charge in [0.25, 0.3) is 5.69 Å². The average Bonchev–Trinajstić information content (AvgIpc) is 2.80. The normalized spacial score (nSPS) is 10.8. The van der Waals surface area contributed by atoms with Gasteiger partial charge in [-0.2, -0.15) is 0 Å².